The summed E-state index contributed by atoms with van der Waals surface area (Å²) >= 11 is 0. The molecule has 4 aliphatic rings. The van der Waals surface area contributed by atoms with Crippen LogP contribution in [-0.4, -0.2) is 117 Å². The molecule has 0 radical (unpaired) electrons. The summed E-state index contributed by atoms with van der Waals surface area (Å²) in [7, 11) is 0. The minimum Gasteiger partial charge on any atom is -0.508 e. The summed E-state index contributed by atoms with van der Waals surface area (Å²) in [5.41, 5.74) is 3.15. The lowest BCUT2D eigenvalue weighted by Crippen LogP contribution is -2.62. The lowest BCUT2D eigenvalue weighted by atomic mass is 9.84. The van der Waals surface area contributed by atoms with Gasteiger partial charge in [-0.25, -0.2) is 9.82 Å². The molecule has 17 heteroatoms. The van der Waals surface area contributed by atoms with Gasteiger partial charge in [0, 0.05) is 44.3 Å². The second-order valence-electron chi connectivity index (χ2n) is 16.4. The van der Waals surface area contributed by atoms with Crippen molar-refractivity contribution in [1.29, 1.82) is 0 Å². The number of fused-ring (bicyclic) bond motifs is 2. The van der Waals surface area contributed by atoms with E-state index in [1.54, 1.807) is 56.2 Å². The van der Waals surface area contributed by atoms with E-state index in [0.717, 1.165) is 25.0 Å². The highest BCUT2D eigenvalue weighted by Crippen LogP contribution is 2.27. The van der Waals surface area contributed by atoms with Crippen LogP contribution in [0.1, 0.15) is 78.2 Å². The highest BCUT2D eigenvalue weighted by molar-refractivity contribution is 5.93. The molecule has 334 valence electrons. The minimum atomic E-state index is -1.45. The Hall–Kier alpha value is -4.94. The van der Waals surface area contributed by atoms with Crippen LogP contribution in [0, 0.1) is 23.6 Å². The Morgan fingerprint density at radius 2 is 1.75 bits per heavy atom. The van der Waals surface area contributed by atoms with Crippen molar-refractivity contribution in [1.82, 2.24) is 26.1 Å². The van der Waals surface area contributed by atoms with Gasteiger partial charge in [0.15, 0.2) is 12.3 Å². The van der Waals surface area contributed by atoms with Crippen molar-refractivity contribution >= 4 is 29.5 Å². The lowest BCUT2D eigenvalue weighted by Gasteiger charge is -2.37. The number of halogens is 1. The van der Waals surface area contributed by atoms with Gasteiger partial charge in [-0.1, -0.05) is 51.2 Å². The number of hydroxylamine groups is 2. The number of nitrogens with one attached hydrogen (secondary N) is 3. The number of hydrazine groups is 1. The summed E-state index contributed by atoms with van der Waals surface area (Å²) in [6, 6.07) is -0.346. The summed E-state index contributed by atoms with van der Waals surface area (Å²) in [6.45, 7) is 7.58. The Morgan fingerprint density at radius 3 is 2.46 bits per heavy atom. The Kier molecular flexibility index (Phi) is 17.2. The molecule has 6 N–H and O–H groups in total. The van der Waals surface area contributed by atoms with Gasteiger partial charge in [-0.2, -0.15) is 0 Å². The zero-order valence-electron chi connectivity index (χ0n) is 35.2. The van der Waals surface area contributed by atoms with Crippen LogP contribution >= 0.6 is 0 Å². The van der Waals surface area contributed by atoms with E-state index in [4.69, 9.17) is 14.3 Å². The van der Waals surface area contributed by atoms with Crippen LogP contribution in [-0.2, 0) is 44.7 Å². The van der Waals surface area contributed by atoms with E-state index in [-0.39, 0.29) is 43.6 Å². The van der Waals surface area contributed by atoms with Crippen LogP contribution in [0.3, 0.4) is 0 Å². The number of ketones is 1. The number of Topliss-reactive ketones (excluding diaryl/α,β-unsaturated/α-hetero) is 1. The SMILES string of the molecule is CC(=O)CCC1C(=O)NC(C(C)C)C(=O)NC(Cc2cc(O)cc(F)c2)C(=O)N2CCCC(N2)C(=O)OC(C2=CC=CC(N3CCCCO3)O2)CC=CC=CC(O)C(C)C1O. The molecule has 4 heterocycles. The zero-order chi connectivity index (χ0) is 44.2. The third-order valence-electron chi connectivity index (χ3n) is 11.2. The second-order valence-corrected chi connectivity index (χ2v) is 16.4. The zero-order valence-corrected chi connectivity index (χ0v) is 35.2. The van der Waals surface area contributed by atoms with Crippen LogP contribution in [0.15, 0.2) is 66.5 Å². The fraction of sp³-hybridized carbons (Fsp3) is 0.568. The van der Waals surface area contributed by atoms with Crippen molar-refractivity contribution in [2.75, 3.05) is 19.7 Å². The molecule has 9 atom stereocenters. The summed E-state index contributed by atoms with van der Waals surface area (Å²) in [6.07, 6.45) is 9.79. The number of ether oxygens (including phenoxy) is 2. The minimum absolute atomic E-state index is 0.0521. The lowest BCUT2D eigenvalue weighted by molar-refractivity contribution is -0.247. The Labute approximate surface area is 355 Å². The van der Waals surface area contributed by atoms with E-state index in [9.17, 15) is 43.7 Å². The van der Waals surface area contributed by atoms with Gasteiger partial charge in [-0.15, -0.1) is 5.06 Å². The molecule has 9 unspecified atom stereocenters. The Bertz CT molecular complexity index is 1830. The number of allylic oxidation sites excluding steroid dienone is 4. The molecular weight excluding hydrogens is 794 g/mol. The molecule has 0 spiro atoms. The van der Waals surface area contributed by atoms with Gasteiger partial charge < -0.3 is 40.2 Å². The van der Waals surface area contributed by atoms with Crippen LogP contribution in [0.2, 0.25) is 0 Å². The first-order valence-electron chi connectivity index (χ1n) is 21.1. The highest BCUT2D eigenvalue weighted by Gasteiger charge is 2.39. The maximum atomic E-state index is 14.5. The topological polar surface area (TPSA) is 216 Å². The maximum absolute atomic E-state index is 14.5. The molecule has 2 saturated heterocycles. The highest BCUT2D eigenvalue weighted by atomic mass is 19.1. The first-order chi connectivity index (χ1) is 29.1. The van der Waals surface area contributed by atoms with E-state index in [1.165, 1.54) is 24.1 Å². The number of cyclic esters (lactones) is 1. The summed E-state index contributed by atoms with van der Waals surface area (Å²) < 4.78 is 26.9. The van der Waals surface area contributed by atoms with Crippen molar-refractivity contribution in [2.24, 2.45) is 17.8 Å². The summed E-state index contributed by atoms with van der Waals surface area (Å²) in [5, 5.41) is 41.1. The van der Waals surface area contributed by atoms with Crippen LogP contribution in [0.5, 0.6) is 5.75 Å². The number of carbonyl (C=O) groups excluding carboxylic acids is 5. The first kappa shape index (κ1) is 47.1. The number of carbonyl (C=O) groups is 5. The molecule has 4 aliphatic heterocycles. The molecule has 2 fully saturated rings. The fourth-order valence-electron chi connectivity index (χ4n) is 7.63. The molecule has 5 rings (SSSR count). The molecule has 1 aromatic carbocycles. The van der Waals surface area contributed by atoms with Crippen molar-refractivity contribution in [3.63, 3.8) is 0 Å². The molecule has 0 aliphatic carbocycles. The summed E-state index contributed by atoms with van der Waals surface area (Å²) in [4.78, 5) is 74.2. The molecular formula is C44H60FN5O11. The van der Waals surface area contributed by atoms with Gasteiger partial charge in [0.05, 0.1) is 24.7 Å². The van der Waals surface area contributed by atoms with Crippen LogP contribution < -0.4 is 16.1 Å². The van der Waals surface area contributed by atoms with E-state index in [2.05, 4.69) is 16.1 Å². The number of nitrogens with zero attached hydrogens (tertiary/aromatic N) is 2. The number of benzene rings is 1. The Balaban J connectivity index is 1.49. The van der Waals surface area contributed by atoms with Crippen molar-refractivity contribution < 1.29 is 58.0 Å². The number of hydrogen-bond acceptors (Lipinski definition) is 13. The maximum Gasteiger partial charge on any atom is 0.325 e. The van der Waals surface area contributed by atoms with Crippen LogP contribution in [0.4, 0.5) is 4.39 Å². The second kappa shape index (κ2) is 22.2. The number of hydrogen-bond donors (Lipinski definition) is 6. The van der Waals surface area contributed by atoms with Gasteiger partial charge in [-0.3, -0.25) is 29.0 Å². The van der Waals surface area contributed by atoms with Crippen LogP contribution in [0.25, 0.3) is 0 Å². The molecule has 2 bridgehead atoms. The molecule has 61 heavy (non-hydrogen) atoms. The average Bonchev–Trinajstić information content (AvgIpc) is 3.23. The van der Waals surface area contributed by atoms with Gasteiger partial charge in [0.2, 0.25) is 11.8 Å². The molecule has 0 aromatic heterocycles. The normalized spacial score (nSPS) is 30.3. The number of esters is 1. The smallest absolute Gasteiger partial charge is 0.325 e. The number of aliphatic hydroxyl groups excluding tert-OH is 2. The predicted octanol–water partition coefficient (Wildman–Crippen LogP) is 2.79. The molecule has 16 nitrogen and oxygen atoms in total. The summed E-state index contributed by atoms with van der Waals surface area (Å²) in [5.74, 6) is -6.55. The predicted molar refractivity (Wildman–Crippen MR) is 220 cm³/mol. The standard InChI is InChI=1S/C44H60FN5O11/c1-26(2)39-42(56)46-34(24-29-22-30(45)25-31(52)23-29)43(57)49-19-11-12-33(48-49)44(58)61-37(36-15-10-16-38(60-36)50-20-8-9-21-59-50)14-7-5-6-13-35(53)28(4)40(54)32(41(55)47-39)18-17-27(3)51/h5-7,10,13,15-16,22-23,25-26,28,32-35,37-40,48,52-54H,8-9,11-12,14,17-21,24H2,1-4H3,(H,46,56)(H,47,55). The van der Waals surface area contributed by atoms with Crippen molar-refractivity contribution in [2.45, 2.75) is 122 Å². The van der Waals surface area contributed by atoms with Gasteiger partial charge in [-0.05, 0) is 74.8 Å². The molecule has 1 aromatic rings. The van der Waals surface area contributed by atoms with E-state index < -0.39 is 95.7 Å². The Morgan fingerprint density at radius 1 is 0.967 bits per heavy atom. The molecule has 3 amide bonds. The number of amides is 3. The van der Waals surface area contributed by atoms with Gasteiger partial charge in [0.25, 0.3) is 5.91 Å². The number of aromatic hydroxyl groups is 1. The number of aliphatic hydroxyl groups is 2. The van der Waals surface area contributed by atoms with E-state index >= 15 is 0 Å². The molecule has 0 saturated carbocycles. The quantitative estimate of drug-likeness (QED) is 0.208. The van der Waals surface area contributed by atoms with Gasteiger partial charge >= 0.3 is 5.97 Å². The van der Waals surface area contributed by atoms with E-state index in [0.29, 0.717) is 31.8 Å². The largest absolute Gasteiger partial charge is 0.508 e. The van der Waals surface area contributed by atoms with E-state index in [1.807, 2.05) is 6.08 Å². The number of phenolic OH excluding ortho intramolecular Hbond substituents is 1. The average molecular weight is 854 g/mol. The number of phenols is 1. The number of rotatable bonds is 8. The third kappa shape index (κ3) is 13.3. The van der Waals surface area contributed by atoms with Crippen molar-refractivity contribution in [3.8, 4) is 5.75 Å². The van der Waals surface area contributed by atoms with Crippen molar-refractivity contribution in [3.05, 3.63) is 77.9 Å². The fourth-order valence-corrected chi connectivity index (χ4v) is 7.63. The first-order valence-corrected chi connectivity index (χ1v) is 21.1. The monoisotopic (exact) mass is 853 g/mol. The van der Waals surface area contributed by atoms with Gasteiger partial charge in [0.1, 0.15) is 41.2 Å². The third-order valence-corrected chi connectivity index (χ3v) is 11.2.